The van der Waals surface area contributed by atoms with Crippen molar-refractivity contribution in [3.8, 4) is 11.5 Å². The van der Waals surface area contributed by atoms with E-state index in [4.69, 9.17) is 33.3 Å². The fourth-order valence-electron chi connectivity index (χ4n) is 2.61. The van der Waals surface area contributed by atoms with E-state index in [1.54, 1.807) is 17.0 Å². The number of para-hydroxylation sites is 1. The summed E-state index contributed by atoms with van der Waals surface area (Å²) < 4.78 is 12.2. The third-order valence-electron chi connectivity index (χ3n) is 4.02. The van der Waals surface area contributed by atoms with E-state index in [-0.39, 0.29) is 5.91 Å². The number of carbonyl (C=O) groups excluding carboxylic acids is 1. The van der Waals surface area contributed by atoms with Crippen molar-refractivity contribution in [3.05, 3.63) is 64.0 Å². The predicted octanol–water partition coefficient (Wildman–Crippen LogP) is 5.41. The van der Waals surface area contributed by atoms with Gasteiger partial charge in [-0.1, -0.05) is 53.8 Å². The summed E-state index contributed by atoms with van der Waals surface area (Å²) >= 11 is 12.4. The zero-order chi connectivity index (χ0) is 19.9. The lowest BCUT2D eigenvalue weighted by molar-refractivity contribution is -0.121. The summed E-state index contributed by atoms with van der Waals surface area (Å²) in [7, 11) is 0. The number of carbonyl (C=O) groups is 1. The number of nitrogens with zero attached hydrogens (tertiary/aromatic N) is 1. The lowest BCUT2D eigenvalue weighted by Crippen LogP contribution is -2.27. The summed E-state index contributed by atoms with van der Waals surface area (Å²) in [5.74, 6) is 1.46. The maximum Gasteiger partial charge on any atom is 0.266 e. The maximum atomic E-state index is 12.4. The van der Waals surface area contributed by atoms with E-state index in [1.807, 2.05) is 49.4 Å². The second kappa shape index (κ2) is 9.96. The van der Waals surface area contributed by atoms with E-state index in [1.165, 1.54) is 11.8 Å². The molecule has 0 aromatic heterocycles. The van der Waals surface area contributed by atoms with Gasteiger partial charge in [0.25, 0.3) is 5.91 Å². The molecule has 1 saturated heterocycles. The average molecular weight is 434 g/mol. The minimum absolute atomic E-state index is 0.0522. The fourth-order valence-corrected chi connectivity index (χ4v) is 4.11. The highest BCUT2D eigenvalue weighted by Crippen LogP contribution is 2.34. The molecule has 0 unspecified atom stereocenters. The van der Waals surface area contributed by atoms with Gasteiger partial charge >= 0.3 is 0 Å². The Bertz CT molecular complexity index is 883. The van der Waals surface area contributed by atoms with Crippen LogP contribution in [0.5, 0.6) is 11.5 Å². The SMILES string of the molecule is CCN1C(=O)/C(=C\c2ccccc2OCCCOc2ccc(Cl)cc2)SC1=S. The van der Waals surface area contributed by atoms with Crippen LogP contribution in [0.15, 0.2) is 53.4 Å². The molecule has 0 spiro atoms. The summed E-state index contributed by atoms with van der Waals surface area (Å²) in [4.78, 5) is 14.6. The first-order valence-electron chi connectivity index (χ1n) is 8.94. The van der Waals surface area contributed by atoms with Crippen molar-refractivity contribution >= 4 is 51.9 Å². The zero-order valence-electron chi connectivity index (χ0n) is 15.4. The van der Waals surface area contributed by atoms with Crippen molar-refractivity contribution in [1.82, 2.24) is 4.90 Å². The Morgan fingerprint density at radius 2 is 1.82 bits per heavy atom. The van der Waals surface area contributed by atoms with Crippen molar-refractivity contribution in [1.29, 1.82) is 0 Å². The van der Waals surface area contributed by atoms with Gasteiger partial charge in [0.1, 0.15) is 15.8 Å². The lowest BCUT2D eigenvalue weighted by Gasteiger charge is -2.11. The van der Waals surface area contributed by atoms with Gasteiger partial charge in [-0.05, 0) is 43.3 Å². The van der Waals surface area contributed by atoms with Crippen LogP contribution in [0.3, 0.4) is 0 Å². The van der Waals surface area contributed by atoms with Gasteiger partial charge in [0.05, 0.1) is 18.1 Å². The first-order chi connectivity index (χ1) is 13.6. The highest BCUT2D eigenvalue weighted by atomic mass is 35.5. The summed E-state index contributed by atoms with van der Waals surface area (Å²) in [5, 5.41) is 0.683. The summed E-state index contributed by atoms with van der Waals surface area (Å²) in [6, 6.07) is 14.9. The van der Waals surface area contributed by atoms with Crippen LogP contribution in [0.1, 0.15) is 18.9 Å². The van der Waals surface area contributed by atoms with Crippen molar-refractivity contribution in [2.75, 3.05) is 19.8 Å². The Labute approximate surface area is 179 Å². The smallest absolute Gasteiger partial charge is 0.266 e. The quantitative estimate of drug-likeness (QED) is 0.316. The first-order valence-corrected chi connectivity index (χ1v) is 10.5. The van der Waals surface area contributed by atoms with Gasteiger partial charge in [0, 0.05) is 23.6 Å². The highest BCUT2D eigenvalue weighted by Gasteiger charge is 2.30. The van der Waals surface area contributed by atoms with Gasteiger partial charge < -0.3 is 9.47 Å². The van der Waals surface area contributed by atoms with Gasteiger partial charge in [-0.25, -0.2) is 0 Å². The second-order valence-electron chi connectivity index (χ2n) is 5.97. The summed E-state index contributed by atoms with van der Waals surface area (Å²) in [6.45, 7) is 3.54. The third kappa shape index (κ3) is 5.28. The van der Waals surface area contributed by atoms with Gasteiger partial charge in [0.2, 0.25) is 0 Å². The molecule has 28 heavy (non-hydrogen) atoms. The number of benzene rings is 2. The molecule has 1 fully saturated rings. The first kappa shape index (κ1) is 20.7. The van der Waals surface area contributed by atoms with E-state index in [9.17, 15) is 4.79 Å². The fraction of sp³-hybridized carbons (Fsp3) is 0.238. The molecule has 0 atom stereocenters. The number of thiocarbonyl (C=S) groups is 1. The van der Waals surface area contributed by atoms with Crippen molar-refractivity contribution < 1.29 is 14.3 Å². The number of amides is 1. The zero-order valence-corrected chi connectivity index (χ0v) is 17.8. The number of halogens is 1. The molecular formula is C21H20ClNO3S2. The molecule has 0 radical (unpaired) electrons. The molecule has 3 rings (SSSR count). The molecule has 1 amide bonds. The van der Waals surface area contributed by atoms with Crippen LogP contribution in [0.2, 0.25) is 5.02 Å². The average Bonchev–Trinajstić information content (AvgIpc) is 2.96. The Morgan fingerprint density at radius 1 is 1.11 bits per heavy atom. The monoisotopic (exact) mass is 433 g/mol. The molecule has 1 heterocycles. The van der Waals surface area contributed by atoms with Crippen molar-refractivity contribution in [3.63, 3.8) is 0 Å². The van der Waals surface area contributed by atoms with Crippen molar-refractivity contribution in [2.45, 2.75) is 13.3 Å². The topological polar surface area (TPSA) is 38.8 Å². The molecule has 0 bridgehead atoms. The van der Waals surface area contributed by atoms with Crippen LogP contribution in [-0.4, -0.2) is 34.9 Å². The molecular weight excluding hydrogens is 414 g/mol. The van der Waals surface area contributed by atoms with E-state index < -0.39 is 0 Å². The van der Waals surface area contributed by atoms with Crippen LogP contribution < -0.4 is 9.47 Å². The summed E-state index contributed by atoms with van der Waals surface area (Å²) in [5.41, 5.74) is 0.859. The standard InChI is InChI=1S/C21H20ClNO3S2/c1-2-23-20(24)19(28-21(23)27)14-15-6-3-4-7-18(15)26-13-5-12-25-17-10-8-16(22)9-11-17/h3-4,6-11,14H,2,5,12-13H2,1H3/b19-14+. The molecule has 1 aliphatic heterocycles. The Morgan fingerprint density at radius 3 is 2.54 bits per heavy atom. The third-order valence-corrected chi connectivity index (χ3v) is 5.65. The Balaban J connectivity index is 1.55. The number of thioether (sulfide) groups is 1. The Kier molecular flexibility index (Phi) is 7.36. The number of likely N-dealkylation sites (N-methyl/N-ethyl adjacent to an activating group) is 1. The molecule has 2 aromatic carbocycles. The molecule has 4 nitrogen and oxygen atoms in total. The van der Waals surface area contributed by atoms with E-state index in [0.29, 0.717) is 34.0 Å². The summed E-state index contributed by atoms with van der Waals surface area (Å²) in [6.07, 6.45) is 2.57. The lowest BCUT2D eigenvalue weighted by atomic mass is 10.2. The normalized spacial score (nSPS) is 15.4. The molecule has 7 heteroatoms. The molecule has 1 aliphatic rings. The largest absolute Gasteiger partial charge is 0.493 e. The number of hydrogen-bond acceptors (Lipinski definition) is 5. The number of rotatable bonds is 8. The predicted molar refractivity (Wildman–Crippen MR) is 119 cm³/mol. The Hall–Kier alpha value is -2.02. The van der Waals surface area contributed by atoms with Crippen LogP contribution in [0.4, 0.5) is 0 Å². The maximum absolute atomic E-state index is 12.4. The molecule has 0 N–H and O–H groups in total. The van der Waals surface area contributed by atoms with Gasteiger partial charge in [-0.15, -0.1) is 0 Å². The number of ether oxygens (including phenoxy) is 2. The van der Waals surface area contributed by atoms with E-state index in [2.05, 4.69) is 0 Å². The van der Waals surface area contributed by atoms with Crippen molar-refractivity contribution in [2.24, 2.45) is 0 Å². The minimum atomic E-state index is -0.0522. The molecule has 0 aliphatic carbocycles. The minimum Gasteiger partial charge on any atom is -0.493 e. The van der Waals surface area contributed by atoms with Crippen LogP contribution in [0, 0.1) is 0 Å². The molecule has 2 aromatic rings. The number of hydrogen-bond donors (Lipinski definition) is 0. The molecule has 146 valence electrons. The van der Waals surface area contributed by atoms with Crippen LogP contribution >= 0.6 is 35.6 Å². The molecule has 0 saturated carbocycles. The van der Waals surface area contributed by atoms with Crippen LogP contribution in [0.25, 0.3) is 6.08 Å². The van der Waals surface area contributed by atoms with Gasteiger partial charge in [-0.3, -0.25) is 9.69 Å². The van der Waals surface area contributed by atoms with Crippen LogP contribution in [-0.2, 0) is 4.79 Å². The van der Waals surface area contributed by atoms with E-state index in [0.717, 1.165) is 23.5 Å². The second-order valence-corrected chi connectivity index (χ2v) is 8.08. The van der Waals surface area contributed by atoms with E-state index >= 15 is 0 Å². The highest BCUT2D eigenvalue weighted by molar-refractivity contribution is 8.26. The van der Waals surface area contributed by atoms with Gasteiger partial charge in [-0.2, -0.15) is 0 Å². The van der Waals surface area contributed by atoms with Gasteiger partial charge in [0.15, 0.2) is 0 Å².